The van der Waals surface area contributed by atoms with Gasteiger partial charge in [0.15, 0.2) is 0 Å². The molecular weight excluding hydrogens is 162 g/mol. The summed E-state index contributed by atoms with van der Waals surface area (Å²) in [6.07, 6.45) is 5.70. The highest BCUT2D eigenvalue weighted by Gasteiger charge is 2.20. The first-order valence-electron chi connectivity index (χ1n) is 5.03. The monoisotopic (exact) mass is 179 g/mol. The van der Waals surface area contributed by atoms with E-state index < -0.39 is 0 Å². The van der Waals surface area contributed by atoms with Crippen molar-refractivity contribution in [2.24, 2.45) is 0 Å². The highest BCUT2D eigenvalue weighted by molar-refractivity contribution is 5.04. The Morgan fingerprint density at radius 3 is 2.92 bits per heavy atom. The lowest BCUT2D eigenvalue weighted by Gasteiger charge is -2.27. The fourth-order valence-electron chi connectivity index (χ4n) is 1.96. The first-order valence-corrected chi connectivity index (χ1v) is 5.03. The van der Waals surface area contributed by atoms with Crippen LogP contribution in [0.5, 0.6) is 0 Å². The quantitative estimate of drug-likeness (QED) is 0.691. The highest BCUT2D eigenvalue weighted by atomic mass is 15.0. The number of aromatic amines is 1. The molecule has 1 aromatic rings. The van der Waals surface area contributed by atoms with Gasteiger partial charge in [-0.1, -0.05) is 0 Å². The van der Waals surface area contributed by atoms with Gasteiger partial charge in [0.1, 0.15) is 5.82 Å². The van der Waals surface area contributed by atoms with Crippen LogP contribution >= 0.6 is 0 Å². The Kier molecular flexibility index (Phi) is 2.36. The Morgan fingerprint density at radius 2 is 2.31 bits per heavy atom. The summed E-state index contributed by atoms with van der Waals surface area (Å²) in [5.41, 5.74) is 1.15. The number of nitrogens with one attached hydrogen (secondary N) is 2. The molecule has 1 saturated heterocycles. The maximum Gasteiger partial charge on any atom is 0.123 e. The van der Waals surface area contributed by atoms with Crippen LogP contribution in [0.4, 0.5) is 0 Å². The number of rotatable bonds is 1. The van der Waals surface area contributed by atoms with E-state index in [1.807, 2.05) is 13.1 Å². The van der Waals surface area contributed by atoms with Crippen LogP contribution < -0.4 is 5.32 Å². The highest BCUT2D eigenvalue weighted by Crippen LogP contribution is 2.22. The van der Waals surface area contributed by atoms with Crippen molar-refractivity contribution in [1.82, 2.24) is 15.3 Å². The third-order valence-electron chi connectivity index (χ3n) is 2.67. The number of piperidine rings is 1. The Morgan fingerprint density at radius 1 is 1.46 bits per heavy atom. The first kappa shape index (κ1) is 8.75. The maximum atomic E-state index is 4.36. The van der Waals surface area contributed by atoms with Gasteiger partial charge in [0, 0.05) is 17.9 Å². The summed E-state index contributed by atoms with van der Waals surface area (Å²) in [5.74, 6) is 1.10. The molecule has 0 radical (unpaired) electrons. The molecule has 0 aliphatic carbocycles. The average molecular weight is 179 g/mol. The molecular formula is C10H17N3. The topological polar surface area (TPSA) is 40.7 Å². The molecule has 1 fully saturated rings. The number of imidazole rings is 1. The van der Waals surface area contributed by atoms with Crippen LogP contribution in [0.25, 0.3) is 0 Å². The van der Waals surface area contributed by atoms with E-state index in [-0.39, 0.29) is 0 Å². The molecule has 72 valence electrons. The van der Waals surface area contributed by atoms with Crippen molar-refractivity contribution in [3.8, 4) is 0 Å². The summed E-state index contributed by atoms with van der Waals surface area (Å²) in [4.78, 5) is 7.65. The lowest BCUT2D eigenvalue weighted by molar-refractivity contribution is 0.332. The van der Waals surface area contributed by atoms with E-state index in [1.54, 1.807) is 0 Å². The Labute approximate surface area is 79.0 Å². The van der Waals surface area contributed by atoms with E-state index in [0.717, 1.165) is 11.5 Å². The number of aromatic nitrogens is 2. The van der Waals surface area contributed by atoms with Crippen molar-refractivity contribution in [2.75, 3.05) is 0 Å². The molecule has 13 heavy (non-hydrogen) atoms. The smallest absolute Gasteiger partial charge is 0.123 e. The van der Waals surface area contributed by atoms with E-state index in [2.05, 4.69) is 22.2 Å². The molecule has 2 rings (SSSR count). The molecule has 0 aromatic carbocycles. The molecule has 0 amide bonds. The van der Waals surface area contributed by atoms with E-state index in [1.165, 1.54) is 19.3 Å². The molecule has 0 saturated carbocycles. The number of hydrogen-bond acceptors (Lipinski definition) is 2. The third-order valence-corrected chi connectivity index (χ3v) is 2.67. The van der Waals surface area contributed by atoms with Crippen LogP contribution in [-0.2, 0) is 0 Å². The summed E-state index contributed by atoms with van der Waals surface area (Å²) in [6, 6.07) is 1.07. The minimum atomic E-state index is 0.442. The summed E-state index contributed by atoms with van der Waals surface area (Å²) in [5, 5.41) is 3.55. The van der Waals surface area contributed by atoms with Crippen molar-refractivity contribution in [1.29, 1.82) is 0 Å². The van der Waals surface area contributed by atoms with Gasteiger partial charge in [0.2, 0.25) is 0 Å². The molecule has 0 spiro atoms. The zero-order valence-corrected chi connectivity index (χ0v) is 8.30. The zero-order chi connectivity index (χ0) is 9.26. The van der Waals surface area contributed by atoms with Crippen LogP contribution in [0.3, 0.4) is 0 Å². The normalized spacial score (nSPS) is 29.1. The number of aryl methyl sites for hydroxylation is 1. The Hall–Kier alpha value is -0.830. The third kappa shape index (κ3) is 1.91. The van der Waals surface area contributed by atoms with Crippen LogP contribution in [-0.4, -0.2) is 16.0 Å². The number of nitrogens with zero attached hydrogens (tertiary/aromatic N) is 1. The predicted octanol–water partition coefficient (Wildman–Crippen LogP) is 1.92. The first-order chi connectivity index (χ1) is 6.25. The fourth-order valence-corrected chi connectivity index (χ4v) is 1.96. The zero-order valence-electron chi connectivity index (χ0n) is 8.30. The minimum absolute atomic E-state index is 0.442. The van der Waals surface area contributed by atoms with Crippen molar-refractivity contribution in [3.05, 3.63) is 17.7 Å². The van der Waals surface area contributed by atoms with Gasteiger partial charge in [-0.3, -0.25) is 0 Å². The van der Waals surface area contributed by atoms with E-state index >= 15 is 0 Å². The second-order valence-corrected chi connectivity index (χ2v) is 4.00. The van der Waals surface area contributed by atoms with E-state index in [4.69, 9.17) is 0 Å². The van der Waals surface area contributed by atoms with Crippen LogP contribution in [0.1, 0.15) is 43.7 Å². The molecule has 2 atom stereocenters. The minimum Gasteiger partial charge on any atom is -0.345 e. The van der Waals surface area contributed by atoms with E-state index in [9.17, 15) is 0 Å². The molecule has 1 aliphatic rings. The summed E-state index contributed by atoms with van der Waals surface area (Å²) < 4.78 is 0. The second-order valence-electron chi connectivity index (χ2n) is 4.00. The van der Waals surface area contributed by atoms with E-state index in [0.29, 0.717) is 12.1 Å². The van der Waals surface area contributed by atoms with Crippen molar-refractivity contribution in [2.45, 2.75) is 45.2 Å². The average Bonchev–Trinajstić information content (AvgIpc) is 2.52. The summed E-state index contributed by atoms with van der Waals surface area (Å²) in [7, 11) is 0. The molecule has 1 aliphatic heterocycles. The van der Waals surface area contributed by atoms with Gasteiger partial charge in [0.25, 0.3) is 0 Å². The van der Waals surface area contributed by atoms with Crippen molar-refractivity contribution in [3.63, 3.8) is 0 Å². The molecule has 2 heterocycles. The molecule has 3 nitrogen and oxygen atoms in total. The Balaban J connectivity index is 2.08. The van der Waals surface area contributed by atoms with Crippen LogP contribution in [0, 0.1) is 6.92 Å². The Bertz CT molecular complexity index is 279. The van der Waals surface area contributed by atoms with Crippen LogP contribution in [0.15, 0.2) is 6.20 Å². The molecule has 1 aromatic heterocycles. The van der Waals surface area contributed by atoms with Gasteiger partial charge in [-0.15, -0.1) is 0 Å². The molecule has 3 heteroatoms. The van der Waals surface area contributed by atoms with Gasteiger partial charge >= 0.3 is 0 Å². The summed E-state index contributed by atoms with van der Waals surface area (Å²) in [6.45, 7) is 4.28. The molecule has 0 bridgehead atoms. The van der Waals surface area contributed by atoms with Crippen LogP contribution in [0.2, 0.25) is 0 Å². The standard InChI is InChI=1S/C10H17N3/c1-7-4-3-5-9(12-7)10-11-6-8(2)13-10/h6-7,9,12H,3-5H2,1-2H3,(H,11,13). The lowest BCUT2D eigenvalue weighted by atomic mass is 9.99. The number of H-pyrrole nitrogens is 1. The number of hydrogen-bond donors (Lipinski definition) is 2. The van der Waals surface area contributed by atoms with Gasteiger partial charge < -0.3 is 10.3 Å². The van der Waals surface area contributed by atoms with Gasteiger partial charge in [0.05, 0.1) is 6.04 Å². The van der Waals surface area contributed by atoms with Gasteiger partial charge in [-0.05, 0) is 33.1 Å². The van der Waals surface area contributed by atoms with Crippen molar-refractivity contribution >= 4 is 0 Å². The maximum absolute atomic E-state index is 4.36. The molecule has 2 N–H and O–H groups in total. The molecule has 2 unspecified atom stereocenters. The van der Waals surface area contributed by atoms with Gasteiger partial charge in [-0.25, -0.2) is 4.98 Å². The van der Waals surface area contributed by atoms with Crippen molar-refractivity contribution < 1.29 is 0 Å². The predicted molar refractivity (Wildman–Crippen MR) is 52.5 cm³/mol. The second kappa shape index (κ2) is 3.50. The summed E-state index contributed by atoms with van der Waals surface area (Å²) >= 11 is 0. The van der Waals surface area contributed by atoms with Gasteiger partial charge in [-0.2, -0.15) is 0 Å². The lowest BCUT2D eigenvalue weighted by Crippen LogP contribution is -2.35. The largest absolute Gasteiger partial charge is 0.345 e. The fraction of sp³-hybridized carbons (Fsp3) is 0.700. The SMILES string of the molecule is Cc1cnc(C2CCCC(C)N2)[nH]1.